The lowest BCUT2D eigenvalue weighted by atomic mass is 10.1. The van der Waals surface area contributed by atoms with Crippen LogP contribution in [0, 0.1) is 11.8 Å². The van der Waals surface area contributed by atoms with Gasteiger partial charge in [0.05, 0.1) is 13.7 Å². The number of imide groups is 1. The molecule has 0 saturated heterocycles. The van der Waals surface area contributed by atoms with Crippen LogP contribution in [0.4, 0.5) is 13.6 Å². The summed E-state index contributed by atoms with van der Waals surface area (Å²) in [5, 5.41) is 4.46. The second kappa shape index (κ2) is 10.3. The van der Waals surface area contributed by atoms with Gasteiger partial charge in [-0.05, 0) is 35.9 Å². The normalized spacial score (nSPS) is 13.0. The Hall–Kier alpha value is -4.13. The van der Waals surface area contributed by atoms with Crippen molar-refractivity contribution in [3.05, 3.63) is 59.2 Å². The number of rotatable bonds is 7. The molecule has 1 heterocycles. The van der Waals surface area contributed by atoms with Crippen LogP contribution < -0.4 is 20.1 Å². The molecule has 8 nitrogen and oxygen atoms in total. The number of urea groups is 1. The average molecular weight is 443 g/mol. The summed E-state index contributed by atoms with van der Waals surface area (Å²) < 4.78 is 34.3. The molecule has 10 heteroatoms. The zero-order valence-corrected chi connectivity index (χ0v) is 16.9. The van der Waals surface area contributed by atoms with E-state index >= 15 is 0 Å². The number of ether oxygens (including phenoxy) is 2. The first kappa shape index (κ1) is 22.6. The first-order valence-corrected chi connectivity index (χ1v) is 9.43. The van der Waals surface area contributed by atoms with Crippen LogP contribution in [-0.2, 0) is 11.3 Å². The second-order valence-electron chi connectivity index (χ2n) is 6.67. The van der Waals surface area contributed by atoms with Gasteiger partial charge in [0.1, 0.15) is 17.5 Å². The second-order valence-corrected chi connectivity index (χ2v) is 6.67. The molecule has 1 aliphatic heterocycles. The number of alkyl halides is 2. The highest BCUT2D eigenvalue weighted by Gasteiger charge is 2.29. The van der Waals surface area contributed by atoms with Crippen LogP contribution in [0.2, 0.25) is 0 Å². The smallest absolute Gasteiger partial charge is 0.387 e. The van der Waals surface area contributed by atoms with Gasteiger partial charge in [0.25, 0.3) is 5.91 Å². The van der Waals surface area contributed by atoms with Crippen LogP contribution in [0.15, 0.2) is 42.5 Å². The number of halogens is 2. The minimum Gasteiger partial charge on any atom is -0.497 e. The predicted octanol–water partition coefficient (Wildman–Crippen LogP) is 2.13. The SMILES string of the molecule is COc1ccc2c(c1)C(=O)N(C[C@@H](C#Cc1cccc(OC(F)F)c1)NC(=O)NC=O)C2. The van der Waals surface area contributed by atoms with Crippen LogP contribution in [-0.4, -0.2) is 49.6 Å². The number of carbonyl (C=O) groups is 3. The van der Waals surface area contributed by atoms with Crippen molar-refractivity contribution in [2.45, 2.75) is 19.2 Å². The standard InChI is InChI=1S/C22H19F2N3O5/c1-31-17-8-6-15-11-27(20(29)19(15)10-17)12-16(26-22(30)25-13-28)7-5-14-3-2-4-18(9-14)32-21(23)24/h2-4,6,8-10,13,16,21H,11-12H2,1H3,(H2,25,26,28,30)/t16-/m1/s1. The molecule has 32 heavy (non-hydrogen) atoms. The highest BCUT2D eigenvalue weighted by Crippen LogP contribution is 2.26. The molecule has 0 fully saturated rings. The van der Waals surface area contributed by atoms with Crippen LogP contribution in [0.25, 0.3) is 0 Å². The van der Waals surface area contributed by atoms with Crippen molar-refractivity contribution >= 4 is 18.3 Å². The summed E-state index contributed by atoms with van der Waals surface area (Å²) >= 11 is 0. The van der Waals surface area contributed by atoms with Crippen LogP contribution >= 0.6 is 0 Å². The van der Waals surface area contributed by atoms with Gasteiger partial charge in [0.2, 0.25) is 6.41 Å². The van der Waals surface area contributed by atoms with Crippen molar-refractivity contribution in [1.29, 1.82) is 0 Å². The maximum atomic E-state index is 12.8. The Balaban J connectivity index is 1.79. The number of carbonyl (C=O) groups excluding carboxylic acids is 3. The van der Waals surface area contributed by atoms with Gasteiger partial charge in [-0.3, -0.25) is 14.9 Å². The lowest BCUT2D eigenvalue weighted by Gasteiger charge is -2.21. The third-order valence-electron chi connectivity index (χ3n) is 4.54. The Labute approximate surface area is 182 Å². The summed E-state index contributed by atoms with van der Waals surface area (Å²) in [6, 6.07) is 9.29. The third kappa shape index (κ3) is 5.72. The molecular formula is C22H19F2N3O5. The van der Waals surface area contributed by atoms with Gasteiger partial charge in [-0.2, -0.15) is 8.78 Å². The van der Waals surface area contributed by atoms with Crippen molar-refractivity contribution in [2.75, 3.05) is 13.7 Å². The number of hydrogen-bond donors (Lipinski definition) is 2. The van der Waals surface area contributed by atoms with E-state index in [2.05, 4.69) is 21.9 Å². The molecule has 1 atom stereocenters. The number of methoxy groups -OCH3 is 1. The highest BCUT2D eigenvalue weighted by atomic mass is 19.3. The van der Waals surface area contributed by atoms with Crippen molar-refractivity contribution in [3.63, 3.8) is 0 Å². The molecule has 4 amide bonds. The van der Waals surface area contributed by atoms with Crippen LogP contribution in [0.5, 0.6) is 11.5 Å². The Morgan fingerprint density at radius 2 is 2.06 bits per heavy atom. The molecular weight excluding hydrogens is 424 g/mol. The van der Waals surface area contributed by atoms with Crippen molar-refractivity contribution in [1.82, 2.24) is 15.5 Å². The Bertz CT molecular complexity index is 1080. The van der Waals surface area contributed by atoms with E-state index < -0.39 is 18.7 Å². The Morgan fingerprint density at radius 3 is 2.78 bits per heavy atom. The van der Waals surface area contributed by atoms with E-state index in [9.17, 15) is 23.2 Å². The molecule has 166 valence electrons. The molecule has 0 aromatic heterocycles. The predicted molar refractivity (Wildman–Crippen MR) is 109 cm³/mol. The van der Waals surface area contributed by atoms with Crippen LogP contribution in [0.1, 0.15) is 21.5 Å². The van der Waals surface area contributed by atoms with E-state index in [-0.39, 0.29) is 24.6 Å². The maximum absolute atomic E-state index is 12.8. The fourth-order valence-electron chi connectivity index (χ4n) is 3.14. The molecule has 0 radical (unpaired) electrons. The molecule has 1 aliphatic rings. The molecule has 0 unspecified atom stereocenters. The average Bonchev–Trinajstić information content (AvgIpc) is 3.06. The largest absolute Gasteiger partial charge is 0.497 e. The summed E-state index contributed by atoms with van der Waals surface area (Å²) in [7, 11) is 1.50. The highest BCUT2D eigenvalue weighted by molar-refractivity contribution is 5.98. The topological polar surface area (TPSA) is 97.0 Å². The van der Waals surface area contributed by atoms with E-state index in [4.69, 9.17) is 4.74 Å². The van der Waals surface area contributed by atoms with Gasteiger partial charge in [-0.25, -0.2) is 4.79 Å². The zero-order chi connectivity index (χ0) is 23.1. The first-order chi connectivity index (χ1) is 15.4. The third-order valence-corrected chi connectivity index (χ3v) is 4.54. The van der Waals surface area contributed by atoms with E-state index in [0.29, 0.717) is 23.4 Å². The number of nitrogens with zero attached hydrogens (tertiary/aromatic N) is 1. The van der Waals surface area contributed by atoms with E-state index in [0.717, 1.165) is 5.56 Å². The Morgan fingerprint density at radius 1 is 1.25 bits per heavy atom. The molecule has 0 bridgehead atoms. The quantitative estimate of drug-likeness (QED) is 0.505. The van der Waals surface area contributed by atoms with Gasteiger partial charge in [0.15, 0.2) is 0 Å². The maximum Gasteiger partial charge on any atom is 0.387 e. The van der Waals surface area contributed by atoms with E-state index in [1.54, 1.807) is 24.3 Å². The fraction of sp³-hybridized carbons (Fsp3) is 0.227. The van der Waals surface area contributed by atoms with Gasteiger partial charge in [-0.15, -0.1) is 0 Å². The number of fused-ring (bicyclic) bond motifs is 1. The molecule has 2 N–H and O–H groups in total. The fourth-order valence-corrected chi connectivity index (χ4v) is 3.14. The monoisotopic (exact) mass is 443 g/mol. The van der Waals surface area contributed by atoms with Crippen molar-refractivity contribution < 1.29 is 32.6 Å². The lowest BCUT2D eigenvalue weighted by molar-refractivity contribution is -0.108. The van der Waals surface area contributed by atoms with Crippen molar-refractivity contribution in [2.24, 2.45) is 0 Å². The minimum absolute atomic E-state index is 0.0301. The molecule has 2 aromatic carbocycles. The zero-order valence-electron chi connectivity index (χ0n) is 16.9. The van der Waals surface area contributed by atoms with Gasteiger partial charge in [0, 0.05) is 17.7 Å². The number of hydrogen-bond acceptors (Lipinski definition) is 5. The lowest BCUT2D eigenvalue weighted by Crippen LogP contribution is -2.46. The Kier molecular flexibility index (Phi) is 7.23. The molecule has 2 aromatic rings. The summed E-state index contributed by atoms with van der Waals surface area (Å²) in [4.78, 5) is 36.7. The summed E-state index contributed by atoms with van der Waals surface area (Å²) in [5.41, 5.74) is 1.66. The van der Waals surface area contributed by atoms with E-state index in [1.807, 2.05) is 5.32 Å². The summed E-state index contributed by atoms with van der Waals surface area (Å²) in [6.45, 7) is -2.63. The minimum atomic E-state index is -2.97. The number of amides is 4. The molecule has 0 aliphatic carbocycles. The molecule has 0 spiro atoms. The van der Waals surface area contributed by atoms with Gasteiger partial charge in [-0.1, -0.05) is 24.0 Å². The van der Waals surface area contributed by atoms with Crippen LogP contribution in [0.3, 0.4) is 0 Å². The first-order valence-electron chi connectivity index (χ1n) is 9.43. The van der Waals surface area contributed by atoms with Crippen molar-refractivity contribution in [3.8, 4) is 23.3 Å². The summed E-state index contributed by atoms with van der Waals surface area (Å²) in [5.74, 6) is 5.80. The number of nitrogens with one attached hydrogen (secondary N) is 2. The summed E-state index contributed by atoms with van der Waals surface area (Å²) in [6.07, 6.45) is 0.216. The molecule has 3 rings (SSSR count). The van der Waals surface area contributed by atoms with E-state index in [1.165, 1.54) is 30.2 Å². The number of benzene rings is 2. The van der Waals surface area contributed by atoms with Gasteiger partial charge >= 0.3 is 12.6 Å². The molecule has 0 saturated carbocycles. The van der Waals surface area contributed by atoms with Gasteiger partial charge < -0.3 is 19.7 Å².